The molecule has 0 fully saturated rings. The number of alkyl halides is 1. The number of anilines is 1. The van der Waals surface area contributed by atoms with E-state index in [9.17, 15) is 8.42 Å². The summed E-state index contributed by atoms with van der Waals surface area (Å²) in [4.78, 5) is 0. The van der Waals surface area contributed by atoms with Crippen molar-refractivity contribution < 1.29 is 8.42 Å². The molecule has 18 heavy (non-hydrogen) atoms. The number of halogens is 1. The van der Waals surface area contributed by atoms with Gasteiger partial charge in [0.05, 0.1) is 0 Å². The molecule has 2 rings (SSSR count). The van der Waals surface area contributed by atoms with E-state index >= 15 is 0 Å². The van der Waals surface area contributed by atoms with Gasteiger partial charge in [0.1, 0.15) is 4.66 Å². The predicted octanol–water partition coefficient (Wildman–Crippen LogP) is 0.971. The molecule has 2 aromatic rings. The van der Waals surface area contributed by atoms with Gasteiger partial charge in [0, 0.05) is 18.3 Å². The molecular weight excluding hydrogens is 322 g/mol. The number of hydrogen-bond donors (Lipinski definition) is 1. The SMILES string of the molecule is Cn1nnnc1-c1cccc(NS(=O)(=O)CBr)c1. The van der Waals surface area contributed by atoms with E-state index < -0.39 is 10.0 Å². The van der Waals surface area contributed by atoms with Gasteiger partial charge in [-0.1, -0.05) is 28.1 Å². The van der Waals surface area contributed by atoms with Crippen LogP contribution in [0.25, 0.3) is 11.4 Å². The van der Waals surface area contributed by atoms with Crippen molar-refractivity contribution >= 4 is 31.6 Å². The smallest absolute Gasteiger partial charge is 0.242 e. The molecule has 7 nitrogen and oxygen atoms in total. The van der Waals surface area contributed by atoms with Crippen LogP contribution >= 0.6 is 15.9 Å². The molecule has 96 valence electrons. The van der Waals surface area contributed by atoms with Crippen LogP contribution in [0.15, 0.2) is 24.3 Å². The first-order chi connectivity index (χ1) is 8.52. The van der Waals surface area contributed by atoms with Gasteiger partial charge in [-0.25, -0.2) is 13.1 Å². The molecule has 0 atom stereocenters. The van der Waals surface area contributed by atoms with Crippen molar-refractivity contribution in [1.29, 1.82) is 0 Å². The zero-order chi connectivity index (χ0) is 13.2. The van der Waals surface area contributed by atoms with Gasteiger partial charge in [0.15, 0.2) is 5.82 Å². The van der Waals surface area contributed by atoms with Gasteiger partial charge in [-0.3, -0.25) is 4.72 Å². The molecule has 0 spiro atoms. The third kappa shape index (κ3) is 2.85. The van der Waals surface area contributed by atoms with Gasteiger partial charge in [0.2, 0.25) is 10.0 Å². The summed E-state index contributed by atoms with van der Waals surface area (Å²) in [6.07, 6.45) is 0. The third-order valence-electron chi connectivity index (χ3n) is 2.16. The zero-order valence-electron chi connectivity index (χ0n) is 9.41. The van der Waals surface area contributed by atoms with Gasteiger partial charge < -0.3 is 0 Å². The van der Waals surface area contributed by atoms with Crippen molar-refractivity contribution in [3.8, 4) is 11.4 Å². The van der Waals surface area contributed by atoms with Gasteiger partial charge in [-0.2, -0.15) is 0 Å². The van der Waals surface area contributed by atoms with Gasteiger partial charge in [-0.05, 0) is 22.6 Å². The molecule has 1 heterocycles. The van der Waals surface area contributed by atoms with Crippen LogP contribution in [-0.4, -0.2) is 33.3 Å². The fraction of sp³-hybridized carbons (Fsp3) is 0.222. The summed E-state index contributed by atoms with van der Waals surface area (Å²) < 4.78 is 26.7. The second kappa shape index (κ2) is 5.02. The van der Waals surface area contributed by atoms with E-state index in [-0.39, 0.29) is 4.66 Å². The number of rotatable bonds is 4. The fourth-order valence-corrected chi connectivity index (χ4v) is 2.29. The van der Waals surface area contributed by atoms with Crippen molar-refractivity contribution in [1.82, 2.24) is 20.2 Å². The van der Waals surface area contributed by atoms with E-state index in [4.69, 9.17) is 0 Å². The van der Waals surface area contributed by atoms with E-state index in [1.807, 2.05) is 0 Å². The highest BCUT2D eigenvalue weighted by molar-refractivity contribution is 9.10. The predicted molar refractivity (Wildman–Crippen MR) is 70.6 cm³/mol. The molecule has 0 radical (unpaired) electrons. The Morgan fingerprint density at radius 3 is 2.83 bits per heavy atom. The zero-order valence-corrected chi connectivity index (χ0v) is 11.8. The normalized spacial score (nSPS) is 11.4. The highest BCUT2D eigenvalue weighted by atomic mass is 79.9. The van der Waals surface area contributed by atoms with E-state index in [2.05, 4.69) is 36.2 Å². The Morgan fingerprint density at radius 2 is 2.22 bits per heavy atom. The van der Waals surface area contributed by atoms with Crippen LogP contribution < -0.4 is 4.72 Å². The Balaban J connectivity index is 2.35. The van der Waals surface area contributed by atoms with Crippen molar-refractivity contribution in [3.63, 3.8) is 0 Å². The molecule has 0 unspecified atom stereocenters. The number of aryl methyl sites for hydroxylation is 1. The minimum absolute atomic E-state index is 0.157. The Morgan fingerprint density at radius 1 is 1.44 bits per heavy atom. The number of sulfonamides is 1. The fourth-order valence-electron chi connectivity index (χ4n) is 1.40. The lowest BCUT2D eigenvalue weighted by Gasteiger charge is -2.06. The van der Waals surface area contributed by atoms with Crippen LogP contribution in [0, 0.1) is 0 Å². The quantitative estimate of drug-likeness (QED) is 0.843. The summed E-state index contributed by atoms with van der Waals surface area (Å²) >= 11 is 2.91. The summed E-state index contributed by atoms with van der Waals surface area (Å²) in [5.41, 5.74) is 1.20. The molecule has 0 amide bonds. The first-order valence-corrected chi connectivity index (χ1v) is 7.68. The second-order valence-electron chi connectivity index (χ2n) is 3.53. The number of aromatic nitrogens is 4. The molecule has 9 heteroatoms. The van der Waals surface area contributed by atoms with E-state index in [1.54, 1.807) is 31.3 Å². The van der Waals surface area contributed by atoms with Crippen LogP contribution in [0.3, 0.4) is 0 Å². The van der Waals surface area contributed by atoms with Crippen LogP contribution in [0.4, 0.5) is 5.69 Å². The monoisotopic (exact) mass is 331 g/mol. The number of nitrogens with one attached hydrogen (secondary N) is 1. The highest BCUT2D eigenvalue weighted by Gasteiger charge is 2.10. The Labute approximate surface area is 112 Å². The maximum absolute atomic E-state index is 11.4. The maximum atomic E-state index is 11.4. The average Bonchev–Trinajstić information content (AvgIpc) is 2.75. The summed E-state index contributed by atoms with van der Waals surface area (Å²) in [6.45, 7) is 0. The standard InChI is InChI=1S/C9H10BrN5O2S/c1-15-9(11-13-14-15)7-3-2-4-8(5-7)12-18(16,17)6-10/h2-5,12H,6H2,1H3. The summed E-state index contributed by atoms with van der Waals surface area (Å²) in [7, 11) is -1.65. The van der Waals surface area contributed by atoms with E-state index in [0.29, 0.717) is 11.5 Å². The highest BCUT2D eigenvalue weighted by Crippen LogP contribution is 2.20. The van der Waals surface area contributed by atoms with E-state index in [0.717, 1.165) is 5.56 Å². The lowest BCUT2D eigenvalue weighted by atomic mass is 10.2. The van der Waals surface area contributed by atoms with Gasteiger partial charge in [-0.15, -0.1) is 5.10 Å². The molecule has 1 aromatic heterocycles. The minimum atomic E-state index is -3.36. The first kappa shape index (κ1) is 13.0. The summed E-state index contributed by atoms with van der Waals surface area (Å²) in [5, 5.41) is 11.1. The molecule has 0 aliphatic heterocycles. The second-order valence-corrected chi connectivity index (χ2v) is 6.56. The maximum Gasteiger partial charge on any atom is 0.242 e. The number of benzene rings is 1. The number of hydrogen-bond acceptors (Lipinski definition) is 5. The molecule has 1 aromatic carbocycles. The molecule has 1 N–H and O–H groups in total. The van der Waals surface area contributed by atoms with Crippen LogP contribution in [0.5, 0.6) is 0 Å². The van der Waals surface area contributed by atoms with Crippen molar-refractivity contribution in [2.45, 2.75) is 0 Å². The number of nitrogens with zero attached hydrogens (tertiary/aromatic N) is 4. The Kier molecular flexibility index (Phi) is 3.62. The van der Waals surface area contributed by atoms with Crippen LogP contribution in [0.1, 0.15) is 0 Å². The largest absolute Gasteiger partial charge is 0.283 e. The molecule has 0 saturated carbocycles. The third-order valence-corrected chi connectivity index (χ3v) is 4.80. The first-order valence-electron chi connectivity index (χ1n) is 4.91. The van der Waals surface area contributed by atoms with Gasteiger partial charge >= 0.3 is 0 Å². The van der Waals surface area contributed by atoms with Crippen LogP contribution in [0.2, 0.25) is 0 Å². The van der Waals surface area contributed by atoms with E-state index in [1.165, 1.54) is 4.68 Å². The summed E-state index contributed by atoms with van der Waals surface area (Å²) in [5.74, 6) is 0.565. The van der Waals surface area contributed by atoms with Crippen LogP contribution in [-0.2, 0) is 17.1 Å². The average molecular weight is 332 g/mol. The van der Waals surface area contributed by atoms with Gasteiger partial charge in [0.25, 0.3) is 0 Å². The minimum Gasteiger partial charge on any atom is -0.283 e. The van der Waals surface area contributed by atoms with Crippen molar-refractivity contribution in [2.75, 3.05) is 9.38 Å². The van der Waals surface area contributed by atoms with Crippen molar-refractivity contribution in [3.05, 3.63) is 24.3 Å². The molecule has 0 aliphatic carbocycles. The summed E-state index contributed by atoms with van der Waals surface area (Å²) in [6, 6.07) is 6.87. The molecule has 0 aliphatic rings. The molecule has 0 bridgehead atoms. The topological polar surface area (TPSA) is 89.8 Å². The molecular formula is C9H10BrN5O2S. The lowest BCUT2D eigenvalue weighted by Crippen LogP contribution is -2.13. The molecule has 0 saturated heterocycles. The number of tetrazole rings is 1. The Bertz CT molecular complexity index is 654. The van der Waals surface area contributed by atoms with Crippen molar-refractivity contribution in [2.24, 2.45) is 7.05 Å². The Hall–Kier alpha value is -1.48. The lowest BCUT2D eigenvalue weighted by molar-refractivity contribution is 0.606.